The molecule has 4 nitrogen and oxygen atoms in total. The Kier molecular flexibility index (Phi) is 4.67. The van der Waals surface area contributed by atoms with E-state index in [1.807, 2.05) is 24.3 Å². The Morgan fingerprint density at radius 3 is 2.29 bits per heavy atom. The van der Waals surface area contributed by atoms with Crippen LogP contribution in [-0.4, -0.2) is 24.3 Å². The molecule has 0 heterocycles. The summed E-state index contributed by atoms with van der Waals surface area (Å²) in [5, 5.41) is 10.8. The van der Waals surface area contributed by atoms with Crippen molar-refractivity contribution >= 4 is 16.7 Å². The molecule has 0 amide bonds. The van der Waals surface area contributed by atoms with Gasteiger partial charge in [0, 0.05) is 27.5 Å². The van der Waals surface area contributed by atoms with E-state index in [2.05, 4.69) is 18.7 Å². The number of ether oxygens (including phenoxy) is 2. The highest BCUT2D eigenvalue weighted by molar-refractivity contribution is 5.99. The molecule has 0 aromatic heterocycles. The van der Waals surface area contributed by atoms with Gasteiger partial charge in [0.1, 0.15) is 18.1 Å². The van der Waals surface area contributed by atoms with E-state index >= 15 is 0 Å². The van der Waals surface area contributed by atoms with Crippen LogP contribution in [-0.2, 0) is 17.6 Å². The summed E-state index contributed by atoms with van der Waals surface area (Å²) < 4.78 is 11.5. The van der Waals surface area contributed by atoms with Crippen LogP contribution in [0.15, 0.2) is 48.6 Å². The number of esters is 1. The summed E-state index contributed by atoms with van der Waals surface area (Å²) in [6.07, 6.45) is 5.52. The maximum absolute atomic E-state index is 12.1. The van der Waals surface area contributed by atoms with Crippen LogP contribution in [0.4, 0.5) is 0 Å². The molecule has 1 aliphatic rings. The number of carbonyl (C=O) groups is 1. The topological polar surface area (TPSA) is 55.8 Å². The van der Waals surface area contributed by atoms with Crippen molar-refractivity contribution in [2.75, 3.05) is 13.2 Å². The van der Waals surface area contributed by atoms with Crippen LogP contribution in [0.2, 0.25) is 0 Å². The molecule has 0 saturated heterocycles. The minimum atomic E-state index is -0.430. The van der Waals surface area contributed by atoms with Gasteiger partial charge in [-0.05, 0) is 19.8 Å². The summed E-state index contributed by atoms with van der Waals surface area (Å²) in [7, 11) is 0. The largest absolute Gasteiger partial charge is 0.490 e. The van der Waals surface area contributed by atoms with Gasteiger partial charge < -0.3 is 14.6 Å². The first-order valence-electron chi connectivity index (χ1n) is 7.96. The molecule has 1 N–H and O–H groups in total. The van der Waals surface area contributed by atoms with Crippen LogP contribution in [0.1, 0.15) is 18.1 Å². The monoisotopic (exact) mass is 324 g/mol. The fraction of sp³-hybridized carbons (Fsp3) is 0.250. The zero-order valence-electron chi connectivity index (χ0n) is 13.7. The van der Waals surface area contributed by atoms with Crippen LogP contribution in [0.25, 0.3) is 10.8 Å². The van der Waals surface area contributed by atoms with Crippen molar-refractivity contribution in [2.45, 2.75) is 19.8 Å². The maximum Gasteiger partial charge on any atom is 0.338 e. The Morgan fingerprint density at radius 2 is 1.71 bits per heavy atom. The lowest BCUT2D eigenvalue weighted by molar-refractivity contribution is -0.130. The molecule has 0 radical (unpaired) electrons. The number of aliphatic hydroxyl groups is 1. The number of allylic oxidation sites excluding steroid dienone is 2. The second-order valence-corrected chi connectivity index (χ2v) is 5.78. The fourth-order valence-electron chi connectivity index (χ4n) is 2.92. The van der Waals surface area contributed by atoms with Gasteiger partial charge in [-0.2, -0.15) is 0 Å². The van der Waals surface area contributed by atoms with Gasteiger partial charge in [-0.25, -0.2) is 4.79 Å². The van der Waals surface area contributed by atoms with Crippen molar-refractivity contribution in [1.82, 2.24) is 0 Å². The standard InChI is InChI=1S/C20H20O4/c1-13(2)20(22)24-19-16-9-5-3-7-14(16)18(23-12-11-21)15-8-4-6-10-17(15)19/h3-7,9,21H,1,8,10-12H2,2H3. The quantitative estimate of drug-likeness (QED) is 0.397. The number of aliphatic hydroxyl groups excluding tert-OH is 1. The number of hydrogen-bond donors (Lipinski definition) is 1. The van der Waals surface area contributed by atoms with E-state index in [1.165, 1.54) is 0 Å². The van der Waals surface area contributed by atoms with Crippen LogP contribution >= 0.6 is 0 Å². The summed E-state index contributed by atoms with van der Waals surface area (Å²) in [6, 6.07) is 7.68. The van der Waals surface area contributed by atoms with Crippen LogP contribution in [0.3, 0.4) is 0 Å². The van der Waals surface area contributed by atoms with E-state index in [0.29, 0.717) is 24.2 Å². The van der Waals surface area contributed by atoms with E-state index in [0.717, 1.165) is 27.6 Å². The molecular formula is C20H20O4. The minimum Gasteiger partial charge on any atom is -0.490 e. The first kappa shape index (κ1) is 16.3. The smallest absolute Gasteiger partial charge is 0.338 e. The van der Waals surface area contributed by atoms with Crippen molar-refractivity contribution < 1.29 is 19.4 Å². The molecule has 0 bridgehead atoms. The second-order valence-electron chi connectivity index (χ2n) is 5.78. The third-order valence-corrected chi connectivity index (χ3v) is 4.02. The van der Waals surface area contributed by atoms with Gasteiger partial charge in [0.15, 0.2) is 0 Å². The zero-order chi connectivity index (χ0) is 17.1. The third kappa shape index (κ3) is 2.93. The summed E-state index contributed by atoms with van der Waals surface area (Å²) >= 11 is 0. The molecule has 0 atom stereocenters. The molecule has 0 aliphatic heterocycles. The highest BCUT2D eigenvalue weighted by atomic mass is 16.5. The number of benzene rings is 2. The Bertz CT molecular complexity index is 833. The van der Waals surface area contributed by atoms with Gasteiger partial charge in [-0.3, -0.25) is 0 Å². The van der Waals surface area contributed by atoms with Gasteiger partial charge in [0.2, 0.25) is 0 Å². The molecule has 24 heavy (non-hydrogen) atoms. The van der Waals surface area contributed by atoms with Crippen LogP contribution in [0, 0.1) is 0 Å². The molecule has 0 saturated carbocycles. The second kappa shape index (κ2) is 6.89. The van der Waals surface area contributed by atoms with Crippen LogP contribution < -0.4 is 9.47 Å². The summed E-state index contributed by atoms with van der Waals surface area (Å²) in [6.45, 7) is 5.47. The molecule has 0 fully saturated rings. The fourth-order valence-corrected chi connectivity index (χ4v) is 2.92. The average molecular weight is 324 g/mol. The van der Waals surface area contributed by atoms with E-state index in [9.17, 15) is 4.79 Å². The Morgan fingerprint density at radius 1 is 1.12 bits per heavy atom. The summed E-state index contributed by atoms with van der Waals surface area (Å²) in [4.78, 5) is 12.1. The molecule has 3 rings (SSSR count). The van der Waals surface area contributed by atoms with E-state index < -0.39 is 5.97 Å². The maximum atomic E-state index is 12.1. The van der Waals surface area contributed by atoms with Crippen molar-refractivity contribution in [3.8, 4) is 11.5 Å². The predicted octanol–water partition coefficient (Wildman–Crippen LogP) is 3.35. The molecule has 124 valence electrons. The summed E-state index contributed by atoms with van der Waals surface area (Å²) in [5.74, 6) is 0.907. The Hall–Kier alpha value is -2.59. The van der Waals surface area contributed by atoms with E-state index in [4.69, 9.17) is 14.6 Å². The summed E-state index contributed by atoms with van der Waals surface area (Å²) in [5.41, 5.74) is 2.33. The average Bonchev–Trinajstić information content (AvgIpc) is 2.60. The molecule has 0 unspecified atom stereocenters. The van der Waals surface area contributed by atoms with Crippen molar-refractivity contribution in [2.24, 2.45) is 0 Å². The zero-order valence-corrected chi connectivity index (χ0v) is 13.7. The molecular weight excluding hydrogens is 304 g/mol. The van der Waals surface area contributed by atoms with Gasteiger partial charge >= 0.3 is 5.97 Å². The lowest BCUT2D eigenvalue weighted by Gasteiger charge is -2.22. The lowest BCUT2D eigenvalue weighted by Crippen LogP contribution is -2.14. The van der Waals surface area contributed by atoms with Crippen molar-refractivity contribution in [3.63, 3.8) is 0 Å². The van der Waals surface area contributed by atoms with Gasteiger partial charge in [-0.1, -0.05) is 43.0 Å². The number of hydrogen-bond acceptors (Lipinski definition) is 4. The Labute approximate surface area is 141 Å². The molecule has 4 heteroatoms. The number of rotatable bonds is 5. The van der Waals surface area contributed by atoms with Crippen LogP contribution in [0.5, 0.6) is 11.5 Å². The molecule has 1 aliphatic carbocycles. The molecule has 2 aromatic rings. The van der Waals surface area contributed by atoms with E-state index in [-0.39, 0.29) is 13.2 Å². The molecule has 0 spiro atoms. The SMILES string of the molecule is C=C(C)C(=O)Oc1c2c(c(OCCO)c3ccccc13)CC=CC2. The van der Waals surface area contributed by atoms with Gasteiger partial charge in [-0.15, -0.1) is 0 Å². The normalized spacial score (nSPS) is 12.8. The first-order valence-corrected chi connectivity index (χ1v) is 7.96. The first-order chi connectivity index (χ1) is 11.6. The lowest BCUT2D eigenvalue weighted by atomic mass is 9.90. The highest BCUT2D eigenvalue weighted by Crippen LogP contribution is 2.43. The highest BCUT2D eigenvalue weighted by Gasteiger charge is 2.23. The number of fused-ring (bicyclic) bond motifs is 2. The molecule has 2 aromatic carbocycles. The van der Waals surface area contributed by atoms with Gasteiger partial charge in [0.05, 0.1) is 6.61 Å². The third-order valence-electron chi connectivity index (χ3n) is 4.02. The Balaban J connectivity index is 2.24. The predicted molar refractivity (Wildman–Crippen MR) is 93.5 cm³/mol. The van der Waals surface area contributed by atoms with Gasteiger partial charge in [0.25, 0.3) is 0 Å². The van der Waals surface area contributed by atoms with Crippen molar-refractivity contribution in [1.29, 1.82) is 0 Å². The van der Waals surface area contributed by atoms with Crippen molar-refractivity contribution in [3.05, 3.63) is 59.7 Å². The number of carbonyl (C=O) groups excluding carboxylic acids is 1. The minimum absolute atomic E-state index is 0.0503. The van der Waals surface area contributed by atoms with E-state index in [1.54, 1.807) is 6.92 Å².